The molecule has 0 saturated heterocycles. The summed E-state index contributed by atoms with van der Waals surface area (Å²) in [4.78, 5) is 7.62. The minimum atomic E-state index is -1.84. The van der Waals surface area contributed by atoms with Gasteiger partial charge < -0.3 is 0 Å². The standard InChI is InChI=1S/C46H56I2S4Si2/c1-27(2)53(28(3)4,29(5)6)21-19-35-15-17-41(49-35)37-25-40(46-34(14)24-44(48)52-46)38(26-39(37)45-33(13)23-43(47)51-45)42-18-16-36(50-42)20-22-54(30(7)8,31(9)10)32(11)12/h15-18,23-32H,1-14H3. The number of halogens is 2. The number of hydrogen-bond donors (Lipinski definition) is 0. The van der Waals surface area contributed by atoms with E-state index in [0.717, 1.165) is 0 Å². The molecular weight excluding hydrogens is 991 g/mol. The average molecular weight is 1050 g/mol. The van der Waals surface area contributed by atoms with Crippen molar-refractivity contribution in [3.63, 3.8) is 0 Å². The molecule has 54 heavy (non-hydrogen) atoms. The summed E-state index contributed by atoms with van der Waals surface area (Å²) in [6, 6.07) is 18.9. The number of benzene rings is 1. The third-order valence-corrected chi connectivity index (χ3v) is 30.4. The molecule has 0 N–H and O–H groups in total. The van der Waals surface area contributed by atoms with Crippen molar-refractivity contribution in [3.8, 4) is 64.7 Å². The van der Waals surface area contributed by atoms with E-state index in [1.807, 2.05) is 45.3 Å². The average Bonchev–Trinajstić information content (AvgIpc) is 3.87. The number of thiophene rings is 4. The van der Waals surface area contributed by atoms with Crippen LogP contribution in [-0.2, 0) is 0 Å². The molecule has 5 aromatic rings. The Balaban J connectivity index is 1.74. The van der Waals surface area contributed by atoms with Crippen LogP contribution in [0, 0.1) is 42.5 Å². The van der Waals surface area contributed by atoms with Crippen molar-refractivity contribution < 1.29 is 0 Å². The van der Waals surface area contributed by atoms with E-state index in [1.54, 1.807) is 0 Å². The van der Waals surface area contributed by atoms with Crippen LogP contribution in [0.3, 0.4) is 0 Å². The van der Waals surface area contributed by atoms with Gasteiger partial charge in [-0.25, -0.2) is 0 Å². The van der Waals surface area contributed by atoms with E-state index in [0.29, 0.717) is 33.2 Å². The van der Waals surface area contributed by atoms with Crippen molar-refractivity contribution in [1.29, 1.82) is 0 Å². The topological polar surface area (TPSA) is 0 Å². The Kier molecular flexibility index (Phi) is 14.6. The predicted molar refractivity (Wildman–Crippen MR) is 270 cm³/mol. The molecule has 0 nitrogen and oxygen atoms in total. The first-order chi connectivity index (χ1) is 25.3. The summed E-state index contributed by atoms with van der Waals surface area (Å²) >= 11 is 12.5. The van der Waals surface area contributed by atoms with Gasteiger partial charge in [0.2, 0.25) is 0 Å². The van der Waals surface area contributed by atoms with Crippen LogP contribution in [0.25, 0.3) is 41.8 Å². The summed E-state index contributed by atoms with van der Waals surface area (Å²) in [6.07, 6.45) is 0. The van der Waals surface area contributed by atoms with Gasteiger partial charge in [0.15, 0.2) is 0 Å². The van der Waals surface area contributed by atoms with Gasteiger partial charge in [-0.3, -0.25) is 0 Å². The van der Waals surface area contributed by atoms with Crippen LogP contribution in [0.2, 0.25) is 33.2 Å². The zero-order valence-electron chi connectivity index (χ0n) is 34.5. The van der Waals surface area contributed by atoms with E-state index in [1.165, 1.54) is 68.4 Å². The molecular formula is C46H56I2S4Si2. The highest BCUT2D eigenvalue weighted by Gasteiger charge is 2.42. The quantitative estimate of drug-likeness (QED) is 0.0743. The second-order valence-electron chi connectivity index (χ2n) is 16.7. The van der Waals surface area contributed by atoms with Crippen LogP contribution in [0.4, 0.5) is 0 Å². The monoisotopic (exact) mass is 1050 g/mol. The molecule has 4 heterocycles. The fourth-order valence-corrected chi connectivity index (χ4v) is 25.6. The van der Waals surface area contributed by atoms with Crippen LogP contribution in [0.5, 0.6) is 0 Å². The van der Waals surface area contributed by atoms with E-state index in [2.05, 4.69) is 214 Å². The van der Waals surface area contributed by atoms with E-state index in [9.17, 15) is 0 Å². The van der Waals surface area contributed by atoms with E-state index < -0.39 is 16.1 Å². The van der Waals surface area contributed by atoms with Gasteiger partial charge in [-0.15, -0.1) is 56.4 Å². The fraction of sp³-hybridized carbons (Fsp3) is 0.435. The second-order valence-corrected chi connectivity index (χ2v) is 35.9. The molecule has 0 saturated carbocycles. The molecule has 0 aliphatic carbocycles. The fourth-order valence-electron chi connectivity index (χ4n) is 9.11. The molecule has 0 atom stereocenters. The van der Waals surface area contributed by atoms with Gasteiger partial charge in [-0.05, 0) is 152 Å². The highest BCUT2D eigenvalue weighted by molar-refractivity contribution is 14.1. The number of aryl methyl sites for hydroxylation is 2. The minimum Gasteiger partial charge on any atom is -0.129 e. The van der Waals surface area contributed by atoms with Crippen molar-refractivity contribution in [2.24, 2.45) is 0 Å². The molecule has 0 amide bonds. The van der Waals surface area contributed by atoms with Crippen LogP contribution in [0.1, 0.15) is 104 Å². The molecule has 0 fully saturated rings. The lowest BCUT2D eigenvalue weighted by Crippen LogP contribution is -2.43. The van der Waals surface area contributed by atoms with Gasteiger partial charge in [-0.2, -0.15) is 0 Å². The first kappa shape index (κ1) is 44.1. The van der Waals surface area contributed by atoms with E-state index >= 15 is 0 Å². The summed E-state index contributed by atoms with van der Waals surface area (Å²) in [5.74, 6) is 7.52. The van der Waals surface area contributed by atoms with Gasteiger partial charge in [0.1, 0.15) is 16.1 Å². The van der Waals surface area contributed by atoms with Crippen LogP contribution >= 0.6 is 90.5 Å². The molecule has 8 heteroatoms. The number of rotatable bonds is 10. The van der Waals surface area contributed by atoms with E-state index in [-0.39, 0.29) is 0 Å². The number of hydrogen-bond acceptors (Lipinski definition) is 4. The third-order valence-electron chi connectivity index (χ3n) is 11.7. The maximum atomic E-state index is 3.98. The predicted octanol–water partition coefficient (Wildman–Crippen LogP) is 17.6. The molecule has 0 bridgehead atoms. The minimum absolute atomic E-state index is 0.612. The second kappa shape index (κ2) is 17.9. The summed E-state index contributed by atoms with van der Waals surface area (Å²) < 4.78 is 2.63. The molecule has 0 aliphatic heterocycles. The Labute approximate surface area is 372 Å². The van der Waals surface area contributed by atoms with Crippen molar-refractivity contribution in [2.45, 2.75) is 130 Å². The normalized spacial score (nSPS) is 12.4. The lowest BCUT2D eigenvalue weighted by Gasteiger charge is -2.38. The van der Waals surface area contributed by atoms with Crippen molar-refractivity contribution in [3.05, 3.63) is 75.2 Å². The first-order valence-electron chi connectivity index (χ1n) is 19.3. The Morgan fingerprint density at radius 1 is 0.444 bits per heavy atom. The Bertz CT molecular complexity index is 2030. The van der Waals surface area contributed by atoms with Crippen LogP contribution < -0.4 is 0 Å². The highest BCUT2D eigenvalue weighted by atomic mass is 127. The smallest absolute Gasteiger partial charge is 0.129 e. The molecule has 5 rings (SSSR count). The third kappa shape index (κ3) is 8.72. The first-order valence-corrected chi connectivity index (χ1v) is 29.2. The molecule has 286 valence electrons. The van der Waals surface area contributed by atoms with Crippen LogP contribution in [-0.4, -0.2) is 16.1 Å². The Hall–Kier alpha value is -0.966. The molecule has 1 aromatic carbocycles. The highest BCUT2D eigenvalue weighted by Crippen LogP contribution is 2.50. The molecule has 0 aliphatic rings. The van der Waals surface area contributed by atoms with Gasteiger partial charge >= 0.3 is 0 Å². The summed E-state index contributed by atoms with van der Waals surface area (Å²) in [5.41, 5.74) is 19.5. The maximum Gasteiger partial charge on any atom is 0.146 e. The summed E-state index contributed by atoms with van der Waals surface area (Å²) in [7, 11) is -3.68. The van der Waals surface area contributed by atoms with Crippen molar-refractivity contribution in [1.82, 2.24) is 0 Å². The summed E-state index contributed by atoms with van der Waals surface area (Å²) in [6.45, 7) is 33.3. The van der Waals surface area contributed by atoms with E-state index in [4.69, 9.17) is 0 Å². The van der Waals surface area contributed by atoms with Gasteiger partial charge in [0.25, 0.3) is 0 Å². The molecule has 0 spiro atoms. The molecule has 0 radical (unpaired) electrons. The van der Waals surface area contributed by atoms with Gasteiger partial charge in [-0.1, -0.05) is 94.9 Å². The Morgan fingerprint density at radius 3 is 1.02 bits per heavy atom. The Morgan fingerprint density at radius 2 is 0.759 bits per heavy atom. The van der Waals surface area contributed by atoms with Gasteiger partial charge in [0, 0.05) is 41.8 Å². The molecule has 4 aromatic heterocycles. The zero-order valence-corrected chi connectivity index (χ0v) is 44.1. The lowest BCUT2D eigenvalue weighted by molar-refractivity contribution is 0.838. The maximum absolute atomic E-state index is 3.98. The SMILES string of the molecule is Cc1cc(I)sc1-c1cc(-c2ccc(C#C[Si](C(C)C)(C(C)C)C(C)C)s2)c(-c2sc(I)cc2C)cc1-c1ccc(C#C[Si](C(C)C)(C(C)C)C(C)C)s1. The zero-order chi connectivity index (χ0) is 39.9. The largest absolute Gasteiger partial charge is 0.146 e. The van der Waals surface area contributed by atoms with Crippen molar-refractivity contribution >= 4 is 107 Å². The van der Waals surface area contributed by atoms with Crippen molar-refractivity contribution in [2.75, 3.05) is 0 Å². The van der Waals surface area contributed by atoms with Gasteiger partial charge in [0.05, 0.1) is 15.5 Å². The summed E-state index contributed by atoms with van der Waals surface area (Å²) in [5, 5.41) is 0. The molecule has 0 unspecified atom stereocenters. The lowest BCUT2D eigenvalue weighted by atomic mass is 9.93. The van der Waals surface area contributed by atoms with Crippen LogP contribution in [0.15, 0.2) is 48.5 Å².